The van der Waals surface area contributed by atoms with Gasteiger partial charge >= 0.3 is 0 Å². The van der Waals surface area contributed by atoms with Crippen molar-refractivity contribution in [3.63, 3.8) is 0 Å². The highest BCUT2D eigenvalue weighted by Gasteiger charge is 2.24. The first-order chi connectivity index (χ1) is 6.50. The molecule has 80 valence electrons. The van der Waals surface area contributed by atoms with Crippen molar-refractivity contribution >= 4 is 11.8 Å². The Morgan fingerprint density at radius 3 is 2.57 bits per heavy atom. The summed E-state index contributed by atoms with van der Waals surface area (Å²) in [6.07, 6.45) is 2.10. The number of nitrogens with one attached hydrogen (secondary N) is 1. The topological polar surface area (TPSA) is 75.4 Å². The van der Waals surface area contributed by atoms with Crippen LogP contribution in [0.3, 0.4) is 0 Å². The molecule has 0 aromatic carbocycles. The molecule has 1 rings (SSSR count). The number of carbonyl (C=O) groups excluding carboxylic acids is 2. The summed E-state index contributed by atoms with van der Waals surface area (Å²) >= 11 is 0. The number of rotatable bonds is 4. The fourth-order valence-corrected chi connectivity index (χ4v) is 1.14. The van der Waals surface area contributed by atoms with Crippen molar-refractivity contribution < 1.29 is 9.59 Å². The predicted octanol–water partition coefficient (Wildman–Crippen LogP) is -0.929. The van der Waals surface area contributed by atoms with Crippen LogP contribution < -0.4 is 11.1 Å². The van der Waals surface area contributed by atoms with Gasteiger partial charge in [-0.1, -0.05) is 0 Å². The summed E-state index contributed by atoms with van der Waals surface area (Å²) in [7, 11) is 1.58. The molecule has 14 heavy (non-hydrogen) atoms. The van der Waals surface area contributed by atoms with E-state index in [9.17, 15) is 9.59 Å². The molecule has 1 atom stereocenters. The first kappa shape index (κ1) is 11.0. The second-order valence-corrected chi connectivity index (χ2v) is 3.82. The summed E-state index contributed by atoms with van der Waals surface area (Å²) < 4.78 is 0. The average Bonchev–Trinajstić information content (AvgIpc) is 2.86. The normalized spacial score (nSPS) is 17.4. The minimum atomic E-state index is -0.547. The lowest BCUT2D eigenvalue weighted by Crippen LogP contribution is -2.45. The second-order valence-electron chi connectivity index (χ2n) is 3.82. The highest BCUT2D eigenvalue weighted by atomic mass is 16.2. The van der Waals surface area contributed by atoms with Gasteiger partial charge in [0, 0.05) is 13.1 Å². The van der Waals surface area contributed by atoms with E-state index in [1.165, 1.54) is 4.90 Å². The van der Waals surface area contributed by atoms with Crippen molar-refractivity contribution in [2.45, 2.75) is 31.8 Å². The molecule has 1 saturated carbocycles. The highest BCUT2D eigenvalue weighted by molar-refractivity contribution is 5.87. The number of amides is 2. The first-order valence-electron chi connectivity index (χ1n) is 4.80. The van der Waals surface area contributed by atoms with Crippen molar-refractivity contribution in [3.8, 4) is 0 Å². The number of carbonyl (C=O) groups is 2. The molecule has 0 aromatic heterocycles. The zero-order valence-electron chi connectivity index (χ0n) is 8.62. The standard InChI is InChI=1S/C9H17N3O2/c1-6(10)9(14)12(2)5-8(13)11-7-3-4-7/h6-7H,3-5,10H2,1-2H3,(H,11,13)/t6-/m0/s1. The molecule has 5 heteroatoms. The molecule has 0 radical (unpaired) electrons. The van der Waals surface area contributed by atoms with Crippen molar-refractivity contribution in [3.05, 3.63) is 0 Å². The Balaban J connectivity index is 2.27. The molecule has 5 nitrogen and oxygen atoms in total. The van der Waals surface area contributed by atoms with E-state index in [-0.39, 0.29) is 18.4 Å². The van der Waals surface area contributed by atoms with E-state index in [1.807, 2.05) is 0 Å². The van der Waals surface area contributed by atoms with Crippen LogP contribution in [0.2, 0.25) is 0 Å². The molecule has 0 saturated heterocycles. The SMILES string of the molecule is C[C@H](N)C(=O)N(C)CC(=O)NC1CC1. The van der Waals surface area contributed by atoms with Gasteiger partial charge in [0.2, 0.25) is 11.8 Å². The molecular weight excluding hydrogens is 182 g/mol. The lowest BCUT2D eigenvalue weighted by molar-refractivity contribution is -0.135. The number of hydrogen-bond donors (Lipinski definition) is 2. The van der Waals surface area contributed by atoms with Crippen molar-refractivity contribution in [2.24, 2.45) is 5.73 Å². The summed E-state index contributed by atoms with van der Waals surface area (Å²) in [5, 5.41) is 2.80. The summed E-state index contributed by atoms with van der Waals surface area (Å²) in [6, 6.07) is -0.213. The van der Waals surface area contributed by atoms with Gasteiger partial charge in [-0.15, -0.1) is 0 Å². The third-order valence-electron chi connectivity index (χ3n) is 2.09. The number of likely N-dealkylation sites (N-methyl/N-ethyl adjacent to an activating group) is 1. The third-order valence-corrected chi connectivity index (χ3v) is 2.09. The quantitative estimate of drug-likeness (QED) is 0.614. The van der Waals surface area contributed by atoms with Crippen LogP contribution >= 0.6 is 0 Å². The predicted molar refractivity (Wildman–Crippen MR) is 52.5 cm³/mol. The summed E-state index contributed by atoms with van der Waals surface area (Å²) in [5.41, 5.74) is 5.40. The Kier molecular flexibility index (Phi) is 3.46. The van der Waals surface area contributed by atoms with Gasteiger partial charge < -0.3 is 16.0 Å². The van der Waals surface area contributed by atoms with E-state index in [0.717, 1.165) is 12.8 Å². The fourth-order valence-electron chi connectivity index (χ4n) is 1.14. The summed E-state index contributed by atoms with van der Waals surface area (Å²) in [4.78, 5) is 23.9. The van der Waals surface area contributed by atoms with Gasteiger partial charge in [0.15, 0.2) is 0 Å². The Morgan fingerprint density at radius 1 is 1.57 bits per heavy atom. The first-order valence-corrected chi connectivity index (χ1v) is 4.80. The highest BCUT2D eigenvalue weighted by Crippen LogP contribution is 2.18. The van der Waals surface area contributed by atoms with E-state index in [4.69, 9.17) is 5.73 Å². The monoisotopic (exact) mass is 199 g/mol. The third kappa shape index (κ3) is 3.33. The molecule has 0 heterocycles. The Labute approximate surface area is 83.6 Å². The van der Waals surface area contributed by atoms with Gasteiger partial charge in [0.1, 0.15) is 0 Å². The van der Waals surface area contributed by atoms with Crippen LogP contribution in [0.25, 0.3) is 0 Å². The van der Waals surface area contributed by atoms with Gasteiger partial charge in [-0.25, -0.2) is 0 Å². The largest absolute Gasteiger partial charge is 0.352 e. The van der Waals surface area contributed by atoms with Gasteiger partial charge in [0.05, 0.1) is 12.6 Å². The molecular formula is C9H17N3O2. The number of nitrogens with two attached hydrogens (primary N) is 1. The van der Waals surface area contributed by atoms with Crippen LogP contribution in [0.1, 0.15) is 19.8 Å². The molecule has 0 aromatic rings. The van der Waals surface area contributed by atoms with E-state index >= 15 is 0 Å². The van der Waals surface area contributed by atoms with Gasteiger partial charge in [0.25, 0.3) is 0 Å². The maximum Gasteiger partial charge on any atom is 0.239 e. The molecule has 0 bridgehead atoms. The Bertz CT molecular complexity index is 236. The van der Waals surface area contributed by atoms with E-state index < -0.39 is 6.04 Å². The van der Waals surface area contributed by atoms with E-state index in [0.29, 0.717) is 6.04 Å². The van der Waals surface area contributed by atoms with Gasteiger partial charge in [-0.3, -0.25) is 9.59 Å². The van der Waals surface area contributed by atoms with E-state index in [1.54, 1.807) is 14.0 Å². The maximum absolute atomic E-state index is 11.3. The molecule has 0 aliphatic heterocycles. The average molecular weight is 199 g/mol. The smallest absolute Gasteiger partial charge is 0.239 e. The van der Waals surface area contributed by atoms with Crippen LogP contribution in [-0.2, 0) is 9.59 Å². The van der Waals surface area contributed by atoms with Crippen LogP contribution in [0, 0.1) is 0 Å². The van der Waals surface area contributed by atoms with Crippen LogP contribution in [0.4, 0.5) is 0 Å². The lowest BCUT2D eigenvalue weighted by Gasteiger charge is -2.18. The molecule has 1 fully saturated rings. The van der Waals surface area contributed by atoms with Gasteiger partial charge in [-0.05, 0) is 19.8 Å². The lowest BCUT2D eigenvalue weighted by atomic mass is 10.3. The van der Waals surface area contributed by atoms with Crippen molar-refractivity contribution in [1.29, 1.82) is 0 Å². The second kappa shape index (κ2) is 4.41. The maximum atomic E-state index is 11.3. The number of nitrogens with zero attached hydrogens (tertiary/aromatic N) is 1. The zero-order valence-corrected chi connectivity index (χ0v) is 8.62. The number of hydrogen-bond acceptors (Lipinski definition) is 3. The summed E-state index contributed by atoms with van der Waals surface area (Å²) in [6.45, 7) is 1.70. The van der Waals surface area contributed by atoms with Crippen LogP contribution in [0.5, 0.6) is 0 Å². The van der Waals surface area contributed by atoms with Crippen LogP contribution in [0.15, 0.2) is 0 Å². The Hall–Kier alpha value is -1.10. The molecule has 1 aliphatic carbocycles. The molecule has 1 aliphatic rings. The van der Waals surface area contributed by atoms with Crippen molar-refractivity contribution in [1.82, 2.24) is 10.2 Å². The summed E-state index contributed by atoms with van der Waals surface area (Å²) in [5.74, 6) is -0.319. The minimum Gasteiger partial charge on any atom is -0.352 e. The van der Waals surface area contributed by atoms with Crippen LogP contribution in [-0.4, -0.2) is 42.4 Å². The molecule has 0 spiro atoms. The van der Waals surface area contributed by atoms with Crippen molar-refractivity contribution in [2.75, 3.05) is 13.6 Å². The molecule has 0 unspecified atom stereocenters. The zero-order chi connectivity index (χ0) is 10.7. The fraction of sp³-hybridized carbons (Fsp3) is 0.778. The Morgan fingerprint density at radius 2 is 2.14 bits per heavy atom. The molecule has 3 N–H and O–H groups in total. The van der Waals surface area contributed by atoms with E-state index in [2.05, 4.69) is 5.32 Å². The minimum absolute atomic E-state index is 0.0941. The molecule has 2 amide bonds. The van der Waals surface area contributed by atoms with Gasteiger partial charge in [-0.2, -0.15) is 0 Å².